The smallest absolute Gasteiger partial charge is 0.309 e. The maximum atomic E-state index is 12.9. The van der Waals surface area contributed by atoms with Gasteiger partial charge in [-0.25, -0.2) is 0 Å². The lowest BCUT2D eigenvalue weighted by molar-refractivity contribution is -0.139. The molecule has 9 heteroatoms. The summed E-state index contributed by atoms with van der Waals surface area (Å²) >= 11 is 0. The summed E-state index contributed by atoms with van der Waals surface area (Å²) in [7, 11) is 3.09. The zero-order valence-corrected chi connectivity index (χ0v) is 19.9. The molecule has 3 rings (SSSR count). The van der Waals surface area contributed by atoms with Crippen molar-refractivity contribution >= 4 is 17.7 Å². The first-order valence-corrected chi connectivity index (χ1v) is 11.3. The van der Waals surface area contributed by atoms with E-state index in [4.69, 9.17) is 9.47 Å². The number of carbonyl (C=O) groups is 3. The molecule has 1 saturated heterocycles. The molecular weight excluding hydrogens is 436 g/mol. The van der Waals surface area contributed by atoms with Crippen molar-refractivity contribution < 1.29 is 23.9 Å². The first-order valence-electron chi connectivity index (χ1n) is 11.3. The van der Waals surface area contributed by atoms with Crippen LogP contribution in [-0.4, -0.2) is 81.0 Å². The molecule has 0 saturated carbocycles. The highest BCUT2D eigenvalue weighted by molar-refractivity contribution is 6.35. The van der Waals surface area contributed by atoms with Crippen LogP contribution in [0.25, 0.3) is 0 Å². The van der Waals surface area contributed by atoms with Crippen molar-refractivity contribution in [1.82, 2.24) is 20.4 Å². The standard InChI is InChI=1S/C25H32N4O5/c1-18(19-7-5-4-6-8-19)27-24(31)23(30)26-11-12-28-13-15-29(16-14-28)25(32)20-9-10-21(33-2)22(17-20)34-3/h4-10,17-18H,11-16H2,1-3H3,(H,26,30)(H,27,31). The lowest BCUT2D eigenvalue weighted by Gasteiger charge is -2.34. The summed E-state index contributed by atoms with van der Waals surface area (Å²) < 4.78 is 10.5. The molecular formula is C25H32N4O5. The van der Waals surface area contributed by atoms with Crippen molar-refractivity contribution in [2.75, 3.05) is 53.5 Å². The zero-order chi connectivity index (χ0) is 24.5. The van der Waals surface area contributed by atoms with E-state index in [1.54, 1.807) is 30.2 Å². The van der Waals surface area contributed by atoms with E-state index in [9.17, 15) is 14.4 Å². The van der Waals surface area contributed by atoms with Gasteiger partial charge < -0.3 is 25.0 Å². The molecule has 1 unspecified atom stereocenters. The fourth-order valence-electron chi connectivity index (χ4n) is 3.82. The number of hydrogen-bond donors (Lipinski definition) is 2. The minimum atomic E-state index is -0.651. The van der Waals surface area contributed by atoms with Gasteiger partial charge in [-0.1, -0.05) is 30.3 Å². The van der Waals surface area contributed by atoms with Crippen LogP contribution in [0.3, 0.4) is 0 Å². The van der Waals surface area contributed by atoms with Gasteiger partial charge in [-0.3, -0.25) is 19.3 Å². The molecule has 2 N–H and O–H groups in total. The summed E-state index contributed by atoms with van der Waals surface area (Å²) in [5.74, 6) is -0.260. The number of piperazine rings is 1. The van der Waals surface area contributed by atoms with Crippen molar-refractivity contribution in [3.8, 4) is 11.5 Å². The third-order valence-corrected chi connectivity index (χ3v) is 5.86. The molecule has 9 nitrogen and oxygen atoms in total. The highest BCUT2D eigenvalue weighted by Crippen LogP contribution is 2.28. The lowest BCUT2D eigenvalue weighted by atomic mass is 10.1. The molecule has 2 aromatic carbocycles. The summed E-state index contributed by atoms with van der Waals surface area (Å²) in [6, 6.07) is 14.4. The van der Waals surface area contributed by atoms with Crippen LogP contribution in [0, 0.1) is 0 Å². The third kappa shape index (κ3) is 6.48. The summed E-state index contributed by atoms with van der Waals surface area (Å²) in [5, 5.41) is 5.38. The molecule has 0 bridgehead atoms. The van der Waals surface area contributed by atoms with Crippen molar-refractivity contribution in [3.63, 3.8) is 0 Å². The van der Waals surface area contributed by atoms with E-state index in [1.165, 1.54) is 7.11 Å². The number of nitrogens with zero attached hydrogens (tertiary/aromatic N) is 2. The van der Waals surface area contributed by atoms with Gasteiger partial charge in [0.15, 0.2) is 11.5 Å². The average molecular weight is 469 g/mol. The number of benzene rings is 2. The number of amides is 3. The van der Waals surface area contributed by atoms with Crippen molar-refractivity contribution in [3.05, 3.63) is 59.7 Å². The largest absolute Gasteiger partial charge is 0.493 e. The SMILES string of the molecule is COc1ccc(C(=O)N2CCN(CCNC(=O)C(=O)NC(C)c3ccccc3)CC2)cc1OC. The topological polar surface area (TPSA) is 100 Å². The van der Waals surface area contributed by atoms with Crippen LogP contribution in [0.2, 0.25) is 0 Å². The highest BCUT2D eigenvalue weighted by atomic mass is 16.5. The average Bonchev–Trinajstić information content (AvgIpc) is 2.88. The van der Waals surface area contributed by atoms with Crippen LogP contribution in [0.5, 0.6) is 11.5 Å². The second-order valence-electron chi connectivity index (χ2n) is 8.07. The second-order valence-corrected chi connectivity index (χ2v) is 8.07. The summed E-state index contributed by atoms with van der Waals surface area (Å²) in [5.41, 5.74) is 1.48. The molecule has 1 fully saturated rings. The molecule has 3 amide bonds. The van der Waals surface area contributed by atoms with Gasteiger partial charge in [0.25, 0.3) is 5.91 Å². The van der Waals surface area contributed by atoms with Crippen LogP contribution in [0.15, 0.2) is 48.5 Å². The quantitative estimate of drug-likeness (QED) is 0.569. The molecule has 1 aliphatic heterocycles. The maximum Gasteiger partial charge on any atom is 0.309 e. The summed E-state index contributed by atoms with van der Waals surface area (Å²) in [6.45, 7) is 5.33. The Morgan fingerprint density at radius 3 is 2.24 bits per heavy atom. The molecule has 0 radical (unpaired) electrons. The predicted molar refractivity (Wildman–Crippen MR) is 128 cm³/mol. The maximum absolute atomic E-state index is 12.9. The Morgan fingerprint density at radius 1 is 0.912 bits per heavy atom. The van der Waals surface area contributed by atoms with E-state index < -0.39 is 11.8 Å². The fraction of sp³-hybridized carbons (Fsp3) is 0.400. The molecule has 0 spiro atoms. The van der Waals surface area contributed by atoms with Gasteiger partial charge in [-0.15, -0.1) is 0 Å². The van der Waals surface area contributed by atoms with E-state index >= 15 is 0 Å². The third-order valence-electron chi connectivity index (χ3n) is 5.86. The van der Waals surface area contributed by atoms with E-state index in [1.807, 2.05) is 37.3 Å². The minimum Gasteiger partial charge on any atom is -0.493 e. The van der Waals surface area contributed by atoms with Gasteiger partial charge in [0.1, 0.15) is 0 Å². The summed E-state index contributed by atoms with van der Waals surface area (Å²) in [4.78, 5) is 41.1. The second kappa shape index (κ2) is 12.0. The Labute approximate surface area is 200 Å². The number of hydrogen-bond acceptors (Lipinski definition) is 6. The number of methoxy groups -OCH3 is 2. The number of carbonyl (C=O) groups excluding carboxylic acids is 3. The molecule has 0 aliphatic carbocycles. The molecule has 182 valence electrons. The molecule has 34 heavy (non-hydrogen) atoms. The van der Waals surface area contributed by atoms with Crippen molar-refractivity contribution in [1.29, 1.82) is 0 Å². The molecule has 1 aliphatic rings. The molecule has 1 atom stereocenters. The van der Waals surface area contributed by atoms with Gasteiger partial charge in [-0.05, 0) is 30.7 Å². The minimum absolute atomic E-state index is 0.0573. The predicted octanol–water partition coefficient (Wildman–Crippen LogP) is 1.46. The number of nitrogens with one attached hydrogen (secondary N) is 2. The Morgan fingerprint density at radius 2 is 1.59 bits per heavy atom. The highest BCUT2D eigenvalue weighted by Gasteiger charge is 2.23. The van der Waals surface area contributed by atoms with Gasteiger partial charge >= 0.3 is 11.8 Å². The fourth-order valence-corrected chi connectivity index (χ4v) is 3.82. The normalized spacial score (nSPS) is 14.7. The van der Waals surface area contributed by atoms with Gasteiger partial charge in [0.2, 0.25) is 0 Å². The Balaban J connectivity index is 1.39. The Kier molecular flexibility index (Phi) is 8.86. The van der Waals surface area contributed by atoms with E-state index in [0.29, 0.717) is 56.3 Å². The first kappa shape index (κ1) is 25.0. The van der Waals surface area contributed by atoms with Crippen LogP contribution in [0.4, 0.5) is 0 Å². The molecule has 0 aromatic heterocycles. The van der Waals surface area contributed by atoms with E-state index in [2.05, 4.69) is 15.5 Å². The van der Waals surface area contributed by atoms with Crippen LogP contribution in [0.1, 0.15) is 28.9 Å². The van der Waals surface area contributed by atoms with Crippen LogP contribution in [-0.2, 0) is 9.59 Å². The zero-order valence-electron chi connectivity index (χ0n) is 19.9. The number of ether oxygens (including phenoxy) is 2. The Bertz CT molecular complexity index is 990. The van der Waals surface area contributed by atoms with Crippen molar-refractivity contribution in [2.24, 2.45) is 0 Å². The molecule has 1 heterocycles. The number of rotatable bonds is 8. The van der Waals surface area contributed by atoms with Crippen molar-refractivity contribution in [2.45, 2.75) is 13.0 Å². The van der Waals surface area contributed by atoms with E-state index in [0.717, 1.165) is 5.56 Å². The Hall–Kier alpha value is -3.59. The molecule has 2 aromatic rings. The van der Waals surface area contributed by atoms with E-state index in [-0.39, 0.29) is 11.9 Å². The van der Waals surface area contributed by atoms with Gasteiger partial charge in [-0.2, -0.15) is 0 Å². The lowest BCUT2D eigenvalue weighted by Crippen LogP contribution is -2.51. The van der Waals surface area contributed by atoms with Crippen LogP contribution < -0.4 is 20.1 Å². The summed E-state index contributed by atoms with van der Waals surface area (Å²) in [6.07, 6.45) is 0. The van der Waals surface area contributed by atoms with Crippen LogP contribution >= 0.6 is 0 Å². The first-order chi connectivity index (χ1) is 16.4. The monoisotopic (exact) mass is 468 g/mol. The van der Waals surface area contributed by atoms with Gasteiger partial charge in [0, 0.05) is 44.8 Å². The van der Waals surface area contributed by atoms with Gasteiger partial charge in [0.05, 0.1) is 20.3 Å².